The fourth-order valence-electron chi connectivity index (χ4n) is 4.04. The predicted octanol–water partition coefficient (Wildman–Crippen LogP) is -2.84. The van der Waals surface area contributed by atoms with Gasteiger partial charge in [0, 0.05) is 19.6 Å². The van der Waals surface area contributed by atoms with Gasteiger partial charge in [-0.1, -0.05) is 0 Å². The van der Waals surface area contributed by atoms with Crippen LogP contribution in [0.4, 0.5) is 0 Å². The summed E-state index contributed by atoms with van der Waals surface area (Å²) in [6.07, 6.45) is 3.08. The number of guanidine groups is 1. The van der Waals surface area contributed by atoms with Gasteiger partial charge in [-0.2, -0.15) is 0 Å². The van der Waals surface area contributed by atoms with Crippen LogP contribution >= 0.6 is 0 Å². The van der Waals surface area contributed by atoms with Crippen LogP contribution in [0.1, 0.15) is 38.5 Å². The summed E-state index contributed by atoms with van der Waals surface area (Å²) >= 11 is 0. The molecule has 0 spiro atoms. The second-order valence-electron chi connectivity index (χ2n) is 7.59. The molecule has 2 rings (SSSR count). The Balaban J connectivity index is 2.09. The molecule has 3 atom stereocenters. The smallest absolute Gasteiger partial charge is 0.245 e. The molecule has 12 heteroatoms. The maximum Gasteiger partial charge on any atom is 0.245 e. The fourth-order valence-corrected chi connectivity index (χ4v) is 4.04. The number of nitrogens with two attached hydrogens (primary N) is 3. The van der Waals surface area contributed by atoms with Gasteiger partial charge in [0.15, 0.2) is 5.96 Å². The Bertz CT molecular complexity index is 685. The first-order valence-electron chi connectivity index (χ1n) is 10.2. The molecular formula is C18H32N8O4. The van der Waals surface area contributed by atoms with Gasteiger partial charge in [-0.3, -0.25) is 24.6 Å². The van der Waals surface area contributed by atoms with Crippen molar-refractivity contribution >= 4 is 29.6 Å². The van der Waals surface area contributed by atoms with E-state index in [1.807, 2.05) is 0 Å². The van der Waals surface area contributed by atoms with Crippen LogP contribution in [0.25, 0.3) is 0 Å². The SMILES string of the molecule is N=C(N)NCCC[C@H](NC(=O)[C@@H]1CCCN1C(=O)CN)C(=O)N1CCC[C@H]1C(N)=O. The molecule has 9 N–H and O–H groups in total. The minimum absolute atomic E-state index is 0.183. The molecule has 2 aliphatic heterocycles. The van der Waals surface area contributed by atoms with Gasteiger partial charge in [-0.05, 0) is 38.5 Å². The van der Waals surface area contributed by atoms with Crippen molar-refractivity contribution in [2.24, 2.45) is 17.2 Å². The number of likely N-dealkylation sites (tertiary alicyclic amines) is 2. The predicted molar refractivity (Wildman–Crippen MR) is 109 cm³/mol. The number of carbonyl (C=O) groups excluding carboxylic acids is 4. The van der Waals surface area contributed by atoms with E-state index in [9.17, 15) is 19.2 Å². The Labute approximate surface area is 175 Å². The largest absolute Gasteiger partial charge is 0.370 e. The molecule has 2 aliphatic rings. The van der Waals surface area contributed by atoms with Crippen LogP contribution in [0.5, 0.6) is 0 Å². The van der Waals surface area contributed by atoms with E-state index >= 15 is 0 Å². The second kappa shape index (κ2) is 10.8. The first-order valence-corrected chi connectivity index (χ1v) is 10.2. The highest BCUT2D eigenvalue weighted by Gasteiger charge is 2.39. The molecule has 30 heavy (non-hydrogen) atoms. The summed E-state index contributed by atoms with van der Waals surface area (Å²) in [4.78, 5) is 52.6. The Hall–Kier alpha value is -2.89. The Morgan fingerprint density at radius 1 is 1.03 bits per heavy atom. The maximum absolute atomic E-state index is 13.1. The van der Waals surface area contributed by atoms with E-state index in [1.54, 1.807) is 0 Å². The zero-order valence-electron chi connectivity index (χ0n) is 17.1. The molecule has 2 fully saturated rings. The van der Waals surface area contributed by atoms with Crippen molar-refractivity contribution in [3.05, 3.63) is 0 Å². The van der Waals surface area contributed by atoms with Crippen LogP contribution in [-0.4, -0.2) is 83.7 Å². The second-order valence-corrected chi connectivity index (χ2v) is 7.59. The lowest BCUT2D eigenvalue weighted by Crippen LogP contribution is -2.56. The van der Waals surface area contributed by atoms with E-state index < -0.39 is 29.9 Å². The van der Waals surface area contributed by atoms with Gasteiger partial charge in [-0.25, -0.2) is 0 Å². The summed E-state index contributed by atoms with van der Waals surface area (Å²) in [7, 11) is 0. The molecule has 0 bridgehead atoms. The molecule has 12 nitrogen and oxygen atoms in total. The van der Waals surface area contributed by atoms with Crippen LogP contribution < -0.4 is 27.8 Å². The molecule has 2 saturated heterocycles. The minimum Gasteiger partial charge on any atom is -0.370 e. The third-order valence-corrected chi connectivity index (χ3v) is 5.51. The number of nitrogens with one attached hydrogen (secondary N) is 3. The summed E-state index contributed by atoms with van der Waals surface area (Å²) in [6, 6.07) is -2.23. The zero-order valence-corrected chi connectivity index (χ0v) is 17.1. The van der Waals surface area contributed by atoms with E-state index in [2.05, 4.69) is 10.6 Å². The first kappa shape index (κ1) is 23.4. The van der Waals surface area contributed by atoms with Crippen LogP contribution in [0, 0.1) is 5.41 Å². The lowest BCUT2D eigenvalue weighted by molar-refractivity contribution is -0.142. The van der Waals surface area contributed by atoms with Gasteiger partial charge in [0.2, 0.25) is 23.6 Å². The van der Waals surface area contributed by atoms with E-state index in [0.29, 0.717) is 51.7 Å². The molecule has 2 heterocycles. The summed E-state index contributed by atoms with van der Waals surface area (Å²) in [6.45, 7) is 1.02. The normalized spacial score (nSPS) is 21.9. The summed E-state index contributed by atoms with van der Waals surface area (Å²) in [5.41, 5.74) is 16.1. The molecule has 0 aliphatic carbocycles. The number of rotatable bonds is 9. The van der Waals surface area contributed by atoms with Crippen molar-refractivity contribution in [1.29, 1.82) is 5.41 Å². The highest BCUT2D eigenvalue weighted by atomic mass is 16.2. The highest BCUT2D eigenvalue weighted by Crippen LogP contribution is 2.21. The number of carbonyl (C=O) groups is 4. The van der Waals surface area contributed by atoms with Crippen LogP contribution in [-0.2, 0) is 19.2 Å². The molecule has 0 aromatic carbocycles. The summed E-state index contributed by atoms with van der Waals surface area (Å²) in [5.74, 6) is -1.85. The topological polar surface area (TPSA) is 201 Å². The van der Waals surface area contributed by atoms with Gasteiger partial charge in [0.05, 0.1) is 6.54 Å². The molecule has 4 amide bonds. The molecule has 0 aromatic heterocycles. The summed E-state index contributed by atoms with van der Waals surface area (Å²) in [5, 5.41) is 12.6. The first-order chi connectivity index (χ1) is 14.3. The highest BCUT2D eigenvalue weighted by molar-refractivity contribution is 5.94. The third-order valence-electron chi connectivity index (χ3n) is 5.51. The summed E-state index contributed by atoms with van der Waals surface area (Å²) < 4.78 is 0. The Morgan fingerprint density at radius 3 is 2.27 bits per heavy atom. The zero-order chi connectivity index (χ0) is 22.3. The molecule has 0 saturated carbocycles. The van der Waals surface area contributed by atoms with E-state index in [1.165, 1.54) is 9.80 Å². The number of amides is 4. The minimum atomic E-state index is -0.873. The lowest BCUT2D eigenvalue weighted by Gasteiger charge is -2.30. The fraction of sp³-hybridized carbons (Fsp3) is 0.722. The van der Waals surface area contributed by atoms with Crippen molar-refractivity contribution in [2.75, 3.05) is 26.2 Å². The van der Waals surface area contributed by atoms with Gasteiger partial charge in [0.1, 0.15) is 18.1 Å². The number of nitrogens with zero attached hydrogens (tertiary/aromatic N) is 2. The quantitative estimate of drug-likeness (QED) is 0.130. The Kier molecular flexibility index (Phi) is 8.39. The van der Waals surface area contributed by atoms with Crippen LogP contribution in [0.3, 0.4) is 0 Å². The van der Waals surface area contributed by atoms with Gasteiger partial charge >= 0.3 is 0 Å². The average Bonchev–Trinajstić information content (AvgIpc) is 3.38. The van der Waals surface area contributed by atoms with Crippen molar-refractivity contribution in [3.63, 3.8) is 0 Å². The van der Waals surface area contributed by atoms with Gasteiger partial charge < -0.3 is 37.6 Å². The Morgan fingerprint density at radius 2 is 1.67 bits per heavy atom. The van der Waals surface area contributed by atoms with Crippen LogP contribution in [0.2, 0.25) is 0 Å². The molecule has 168 valence electrons. The third kappa shape index (κ3) is 5.81. The number of primary amides is 1. The van der Waals surface area contributed by atoms with Crippen molar-refractivity contribution in [1.82, 2.24) is 20.4 Å². The standard InChI is InChI=1S/C18H32N8O4/c19-10-14(27)25-8-3-6-13(25)16(29)24-11(4-1-7-23-18(21)22)17(30)26-9-2-5-12(26)15(20)28/h11-13H,1-10,19H2,(H2,20,28)(H,24,29)(H4,21,22,23)/t11-,12-,13-/m0/s1. The number of hydrogen-bond acceptors (Lipinski definition) is 6. The van der Waals surface area contributed by atoms with Gasteiger partial charge in [-0.15, -0.1) is 0 Å². The van der Waals surface area contributed by atoms with E-state index in [0.717, 1.165) is 0 Å². The lowest BCUT2D eigenvalue weighted by atomic mass is 10.1. The average molecular weight is 425 g/mol. The molecule has 0 aromatic rings. The van der Waals surface area contributed by atoms with Gasteiger partial charge in [0.25, 0.3) is 0 Å². The van der Waals surface area contributed by atoms with E-state index in [4.69, 9.17) is 22.6 Å². The van der Waals surface area contributed by atoms with Crippen molar-refractivity contribution < 1.29 is 19.2 Å². The van der Waals surface area contributed by atoms with Crippen molar-refractivity contribution in [3.8, 4) is 0 Å². The molecule has 0 unspecified atom stereocenters. The molecule has 0 radical (unpaired) electrons. The molecular weight excluding hydrogens is 392 g/mol. The van der Waals surface area contributed by atoms with Crippen molar-refractivity contribution in [2.45, 2.75) is 56.7 Å². The van der Waals surface area contributed by atoms with E-state index in [-0.39, 0.29) is 30.7 Å². The van der Waals surface area contributed by atoms with Crippen LogP contribution in [0.15, 0.2) is 0 Å². The number of hydrogen-bond donors (Lipinski definition) is 6. The maximum atomic E-state index is 13.1. The monoisotopic (exact) mass is 424 g/mol.